The largest absolute Gasteiger partial charge is 0.297 e. The van der Waals surface area contributed by atoms with E-state index in [9.17, 15) is 0 Å². The topological polar surface area (TPSA) is 17.8 Å². The first-order chi connectivity index (χ1) is 8.43. The predicted molar refractivity (Wildman–Crippen MR) is 70.2 cm³/mol. The summed E-state index contributed by atoms with van der Waals surface area (Å²) in [7, 11) is 0. The minimum atomic E-state index is 0.963. The summed E-state index contributed by atoms with van der Waals surface area (Å²) in [4.78, 5) is 4.22. The summed E-state index contributed by atoms with van der Waals surface area (Å²) in [5.41, 5.74) is 3.20. The van der Waals surface area contributed by atoms with Crippen LogP contribution in [0.3, 0.4) is 0 Å². The van der Waals surface area contributed by atoms with Gasteiger partial charge in [0.25, 0.3) is 0 Å². The molecule has 0 aliphatic rings. The zero-order valence-corrected chi connectivity index (χ0v) is 9.25. The van der Waals surface area contributed by atoms with Crippen molar-refractivity contribution in [1.82, 2.24) is 9.55 Å². The summed E-state index contributed by atoms with van der Waals surface area (Å²) in [6.07, 6.45) is 6.99. The van der Waals surface area contributed by atoms with Crippen molar-refractivity contribution in [3.63, 3.8) is 0 Å². The van der Waals surface area contributed by atoms with Crippen LogP contribution in [0.1, 0.15) is 5.56 Å². The summed E-state index contributed by atoms with van der Waals surface area (Å²) in [5.74, 6) is 0. The molecule has 0 atom stereocenters. The number of rotatable bonds is 2. The Hall–Kier alpha value is -2.35. The van der Waals surface area contributed by atoms with Crippen LogP contribution in [0.4, 0.5) is 0 Å². The second kappa shape index (κ2) is 4.26. The first-order valence-electron chi connectivity index (χ1n) is 5.51. The van der Waals surface area contributed by atoms with Crippen LogP contribution in [-0.2, 0) is 0 Å². The summed E-state index contributed by atoms with van der Waals surface area (Å²) < 4.78 is 1.91. The molecule has 0 aliphatic carbocycles. The van der Waals surface area contributed by atoms with Crippen molar-refractivity contribution < 1.29 is 0 Å². The van der Waals surface area contributed by atoms with Gasteiger partial charge in [0, 0.05) is 6.20 Å². The molecule has 0 N–H and O–H groups in total. The van der Waals surface area contributed by atoms with E-state index in [0.717, 1.165) is 11.0 Å². The highest BCUT2D eigenvalue weighted by molar-refractivity contribution is 5.78. The highest BCUT2D eigenvalue weighted by Crippen LogP contribution is 2.12. The molecule has 81 valence electrons. The van der Waals surface area contributed by atoms with Crippen LogP contribution in [0.15, 0.2) is 54.6 Å². The molecular formula is C15H11N2. The predicted octanol–water partition coefficient (Wildman–Crippen LogP) is 3.46. The van der Waals surface area contributed by atoms with E-state index in [4.69, 9.17) is 0 Å². The number of benzene rings is 2. The van der Waals surface area contributed by atoms with Crippen LogP contribution in [0, 0.1) is 6.33 Å². The second-order valence-corrected chi connectivity index (χ2v) is 3.80. The Bertz CT molecular complexity index is 651. The van der Waals surface area contributed by atoms with E-state index in [1.807, 2.05) is 59.3 Å². The van der Waals surface area contributed by atoms with Gasteiger partial charge in [-0.05, 0) is 23.8 Å². The Balaban J connectivity index is 1.98. The van der Waals surface area contributed by atoms with E-state index in [1.54, 1.807) is 0 Å². The lowest BCUT2D eigenvalue weighted by atomic mass is 10.2. The van der Waals surface area contributed by atoms with Gasteiger partial charge in [0.05, 0.1) is 11.0 Å². The van der Waals surface area contributed by atoms with E-state index in [2.05, 4.69) is 23.4 Å². The number of hydrogen-bond donors (Lipinski definition) is 0. The van der Waals surface area contributed by atoms with Crippen LogP contribution < -0.4 is 0 Å². The maximum Gasteiger partial charge on any atom is 0.182 e. The van der Waals surface area contributed by atoms with Gasteiger partial charge in [-0.2, -0.15) is 0 Å². The SMILES string of the molecule is [c]1nc2ccccc2n1/C=C\c1ccccc1. The molecule has 0 amide bonds. The second-order valence-electron chi connectivity index (χ2n) is 3.80. The van der Waals surface area contributed by atoms with Gasteiger partial charge in [0.15, 0.2) is 6.33 Å². The number of nitrogens with zero attached hydrogens (tertiary/aromatic N) is 2. The molecule has 17 heavy (non-hydrogen) atoms. The van der Waals surface area contributed by atoms with E-state index in [1.165, 1.54) is 5.56 Å². The normalized spacial score (nSPS) is 11.3. The number of para-hydroxylation sites is 2. The molecule has 2 nitrogen and oxygen atoms in total. The van der Waals surface area contributed by atoms with Crippen LogP contribution in [0.25, 0.3) is 23.3 Å². The quantitative estimate of drug-likeness (QED) is 0.645. The number of hydrogen-bond acceptors (Lipinski definition) is 1. The average molecular weight is 219 g/mol. The molecule has 3 rings (SSSR count). The average Bonchev–Trinajstić information content (AvgIpc) is 2.81. The monoisotopic (exact) mass is 219 g/mol. The van der Waals surface area contributed by atoms with Gasteiger partial charge in [-0.3, -0.25) is 4.57 Å². The molecule has 0 bridgehead atoms. The first-order valence-corrected chi connectivity index (χ1v) is 5.51. The lowest BCUT2D eigenvalue weighted by molar-refractivity contribution is 1.16. The lowest BCUT2D eigenvalue weighted by Crippen LogP contribution is -1.82. The van der Waals surface area contributed by atoms with Gasteiger partial charge in [-0.25, -0.2) is 4.98 Å². The van der Waals surface area contributed by atoms with Gasteiger partial charge < -0.3 is 0 Å². The molecule has 0 fully saturated rings. The Labute approximate surface area is 99.8 Å². The van der Waals surface area contributed by atoms with Crippen LogP contribution in [0.5, 0.6) is 0 Å². The molecule has 0 saturated heterocycles. The Morgan fingerprint density at radius 1 is 0.941 bits per heavy atom. The van der Waals surface area contributed by atoms with Crippen molar-refractivity contribution >= 4 is 23.3 Å². The van der Waals surface area contributed by atoms with Gasteiger partial charge in [-0.1, -0.05) is 42.5 Å². The van der Waals surface area contributed by atoms with Crippen LogP contribution >= 0.6 is 0 Å². The Morgan fingerprint density at radius 3 is 2.59 bits per heavy atom. The molecular weight excluding hydrogens is 208 g/mol. The fourth-order valence-corrected chi connectivity index (χ4v) is 1.76. The molecule has 1 heterocycles. The first kappa shape index (κ1) is 9.85. The van der Waals surface area contributed by atoms with Crippen molar-refractivity contribution in [3.05, 3.63) is 66.5 Å². The molecule has 0 spiro atoms. The molecule has 0 saturated carbocycles. The lowest BCUT2D eigenvalue weighted by Gasteiger charge is -1.95. The smallest absolute Gasteiger partial charge is 0.182 e. The maximum absolute atomic E-state index is 4.22. The minimum Gasteiger partial charge on any atom is -0.297 e. The molecule has 1 radical (unpaired) electrons. The number of fused-ring (bicyclic) bond motifs is 1. The summed E-state index contributed by atoms with van der Waals surface area (Å²) >= 11 is 0. The third kappa shape index (κ3) is 1.97. The fraction of sp³-hybridized carbons (Fsp3) is 0. The standard InChI is InChI=1S/C15H11N2/c1-2-6-13(7-3-1)10-11-17-12-16-14-8-4-5-9-15(14)17/h1-11H/b11-10-. The summed E-state index contributed by atoms with van der Waals surface area (Å²) in [5, 5.41) is 0. The minimum absolute atomic E-state index is 0.963. The molecule has 2 aromatic carbocycles. The maximum atomic E-state index is 4.22. The third-order valence-corrected chi connectivity index (χ3v) is 2.64. The molecule has 0 unspecified atom stereocenters. The van der Waals surface area contributed by atoms with E-state index in [-0.39, 0.29) is 0 Å². The third-order valence-electron chi connectivity index (χ3n) is 2.64. The number of aromatic nitrogens is 2. The van der Waals surface area contributed by atoms with E-state index >= 15 is 0 Å². The van der Waals surface area contributed by atoms with Crippen LogP contribution in [0.2, 0.25) is 0 Å². The number of imidazole rings is 1. The molecule has 3 aromatic rings. The van der Waals surface area contributed by atoms with Crippen LogP contribution in [-0.4, -0.2) is 9.55 Å². The van der Waals surface area contributed by atoms with Crippen molar-refractivity contribution in [1.29, 1.82) is 0 Å². The van der Waals surface area contributed by atoms with E-state index in [0.29, 0.717) is 0 Å². The molecule has 0 aliphatic heterocycles. The highest BCUT2D eigenvalue weighted by atomic mass is 15.0. The van der Waals surface area contributed by atoms with Crippen molar-refractivity contribution in [2.45, 2.75) is 0 Å². The van der Waals surface area contributed by atoms with Crippen molar-refractivity contribution in [2.75, 3.05) is 0 Å². The fourth-order valence-electron chi connectivity index (χ4n) is 1.76. The summed E-state index contributed by atoms with van der Waals surface area (Å²) in [6, 6.07) is 18.2. The zero-order valence-electron chi connectivity index (χ0n) is 9.25. The zero-order chi connectivity index (χ0) is 11.5. The van der Waals surface area contributed by atoms with Gasteiger partial charge >= 0.3 is 0 Å². The van der Waals surface area contributed by atoms with Gasteiger partial charge in [0.1, 0.15) is 0 Å². The van der Waals surface area contributed by atoms with Gasteiger partial charge in [0.2, 0.25) is 0 Å². The molecule has 1 aromatic heterocycles. The van der Waals surface area contributed by atoms with Crippen molar-refractivity contribution in [2.24, 2.45) is 0 Å². The van der Waals surface area contributed by atoms with Crippen molar-refractivity contribution in [3.8, 4) is 0 Å². The highest BCUT2D eigenvalue weighted by Gasteiger charge is 1.98. The Morgan fingerprint density at radius 2 is 1.71 bits per heavy atom. The van der Waals surface area contributed by atoms with E-state index < -0.39 is 0 Å². The Kier molecular flexibility index (Phi) is 2.47. The van der Waals surface area contributed by atoms with Gasteiger partial charge in [-0.15, -0.1) is 0 Å². The summed E-state index contributed by atoms with van der Waals surface area (Å²) in [6.45, 7) is 0. The molecule has 2 heteroatoms.